The zero-order chi connectivity index (χ0) is 17.5. The van der Waals surface area contributed by atoms with Crippen molar-refractivity contribution in [3.8, 4) is 0 Å². The highest BCUT2D eigenvalue weighted by Crippen LogP contribution is 2.47. The predicted octanol–water partition coefficient (Wildman–Crippen LogP) is 4.03. The zero-order valence-electron chi connectivity index (χ0n) is 13.1. The van der Waals surface area contributed by atoms with Crippen LogP contribution in [0, 0.1) is 0 Å². The van der Waals surface area contributed by atoms with Gasteiger partial charge in [0, 0.05) is 5.56 Å². The first-order valence-corrected chi connectivity index (χ1v) is 7.14. The molecule has 0 unspecified atom stereocenters. The number of nitrogens with one attached hydrogen (secondary N) is 1. The van der Waals surface area contributed by atoms with E-state index in [4.69, 9.17) is 4.74 Å². The first-order chi connectivity index (χ1) is 10.5. The van der Waals surface area contributed by atoms with Crippen molar-refractivity contribution in [1.82, 2.24) is 5.32 Å². The van der Waals surface area contributed by atoms with Gasteiger partial charge < -0.3 is 10.1 Å². The van der Waals surface area contributed by atoms with Crippen molar-refractivity contribution < 1.29 is 27.5 Å². The van der Waals surface area contributed by atoms with Crippen molar-refractivity contribution in [3.05, 3.63) is 34.9 Å². The van der Waals surface area contributed by atoms with Gasteiger partial charge in [0.2, 0.25) is 0 Å². The number of rotatable bonds is 3. The van der Waals surface area contributed by atoms with Crippen LogP contribution in [0.15, 0.2) is 18.2 Å². The van der Waals surface area contributed by atoms with Gasteiger partial charge in [-0.25, -0.2) is 4.79 Å². The van der Waals surface area contributed by atoms with Crippen LogP contribution in [0.1, 0.15) is 55.1 Å². The van der Waals surface area contributed by atoms with Gasteiger partial charge in [-0.05, 0) is 57.4 Å². The van der Waals surface area contributed by atoms with E-state index in [2.05, 4.69) is 5.32 Å². The molecule has 7 heteroatoms. The van der Waals surface area contributed by atoms with E-state index >= 15 is 0 Å². The molecule has 0 spiro atoms. The SMILES string of the molecule is CC(C)(C)OC(=O)NC1(c2cc(C=O)cc(C(F)(F)F)c2)CC1. The Morgan fingerprint density at radius 2 is 1.83 bits per heavy atom. The van der Waals surface area contributed by atoms with Crippen LogP contribution in [0.5, 0.6) is 0 Å². The van der Waals surface area contributed by atoms with Gasteiger partial charge in [0.25, 0.3) is 0 Å². The average molecular weight is 329 g/mol. The van der Waals surface area contributed by atoms with Crippen molar-refractivity contribution in [3.63, 3.8) is 0 Å². The Morgan fingerprint density at radius 3 is 2.26 bits per heavy atom. The van der Waals surface area contributed by atoms with E-state index in [9.17, 15) is 22.8 Å². The van der Waals surface area contributed by atoms with Crippen LogP contribution in [0.25, 0.3) is 0 Å². The van der Waals surface area contributed by atoms with E-state index < -0.39 is 29.0 Å². The van der Waals surface area contributed by atoms with Crippen molar-refractivity contribution in [2.24, 2.45) is 0 Å². The highest BCUT2D eigenvalue weighted by Gasteiger charge is 2.47. The van der Waals surface area contributed by atoms with Gasteiger partial charge in [0.1, 0.15) is 11.9 Å². The number of aldehydes is 1. The predicted molar refractivity (Wildman–Crippen MR) is 77.1 cm³/mol. The molecule has 1 aliphatic rings. The molecule has 2 rings (SSSR count). The summed E-state index contributed by atoms with van der Waals surface area (Å²) in [6.07, 6.45) is -3.91. The van der Waals surface area contributed by atoms with Crippen molar-refractivity contribution in [1.29, 1.82) is 0 Å². The van der Waals surface area contributed by atoms with Crippen LogP contribution >= 0.6 is 0 Å². The van der Waals surface area contributed by atoms with E-state index in [1.165, 1.54) is 6.07 Å². The third-order valence-electron chi connectivity index (χ3n) is 3.46. The molecule has 1 N–H and O–H groups in total. The summed E-state index contributed by atoms with van der Waals surface area (Å²) < 4.78 is 44.0. The number of hydrogen-bond acceptors (Lipinski definition) is 3. The molecule has 23 heavy (non-hydrogen) atoms. The molecule has 1 aromatic rings. The van der Waals surface area contributed by atoms with Crippen LogP contribution in [0.2, 0.25) is 0 Å². The number of alkyl halides is 3. The monoisotopic (exact) mass is 329 g/mol. The number of benzene rings is 1. The maximum atomic E-state index is 12.9. The summed E-state index contributed by atoms with van der Waals surface area (Å²) in [6.45, 7) is 5.09. The summed E-state index contributed by atoms with van der Waals surface area (Å²) >= 11 is 0. The molecule has 0 aromatic heterocycles. The highest BCUT2D eigenvalue weighted by atomic mass is 19.4. The molecule has 4 nitrogen and oxygen atoms in total. The molecule has 0 radical (unpaired) electrons. The Labute approximate surface area is 132 Å². The molecule has 1 aromatic carbocycles. The Balaban J connectivity index is 2.30. The second kappa shape index (κ2) is 5.54. The molecule has 0 bridgehead atoms. The molecule has 1 fully saturated rings. The van der Waals surface area contributed by atoms with Gasteiger partial charge in [0.05, 0.1) is 11.1 Å². The normalized spacial score (nSPS) is 16.6. The number of carbonyl (C=O) groups excluding carboxylic acids is 2. The summed E-state index contributed by atoms with van der Waals surface area (Å²) in [4.78, 5) is 22.8. The average Bonchev–Trinajstić information content (AvgIpc) is 3.15. The first kappa shape index (κ1) is 17.3. The third-order valence-corrected chi connectivity index (χ3v) is 3.46. The maximum absolute atomic E-state index is 12.9. The maximum Gasteiger partial charge on any atom is 0.416 e. The lowest BCUT2D eigenvalue weighted by molar-refractivity contribution is -0.137. The van der Waals surface area contributed by atoms with Gasteiger partial charge in [-0.3, -0.25) is 4.79 Å². The minimum atomic E-state index is -4.56. The fourth-order valence-corrected chi connectivity index (χ4v) is 2.27. The topological polar surface area (TPSA) is 55.4 Å². The Bertz CT molecular complexity index is 628. The summed E-state index contributed by atoms with van der Waals surface area (Å²) in [7, 11) is 0. The van der Waals surface area contributed by atoms with Gasteiger partial charge in [0.15, 0.2) is 0 Å². The summed E-state index contributed by atoms with van der Waals surface area (Å²) in [6, 6.07) is 3.13. The van der Waals surface area contributed by atoms with Gasteiger partial charge in [-0.15, -0.1) is 0 Å². The fraction of sp³-hybridized carbons (Fsp3) is 0.500. The molecule has 0 atom stereocenters. The Hall–Kier alpha value is -2.05. The lowest BCUT2D eigenvalue weighted by Crippen LogP contribution is -2.39. The molecule has 1 saturated carbocycles. The van der Waals surface area contributed by atoms with Crippen molar-refractivity contribution >= 4 is 12.4 Å². The van der Waals surface area contributed by atoms with Crippen molar-refractivity contribution in [2.75, 3.05) is 0 Å². The van der Waals surface area contributed by atoms with E-state index in [1.807, 2.05) is 0 Å². The second-order valence-corrected chi connectivity index (χ2v) is 6.67. The van der Waals surface area contributed by atoms with Gasteiger partial charge >= 0.3 is 12.3 Å². The summed E-state index contributed by atoms with van der Waals surface area (Å²) in [5.74, 6) is 0. The van der Waals surface area contributed by atoms with Crippen LogP contribution in [-0.2, 0) is 16.5 Å². The minimum Gasteiger partial charge on any atom is -0.444 e. The molecular weight excluding hydrogens is 311 g/mol. The molecular formula is C16H18F3NO3. The standard InChI is InChI=1S/C16H18F3NO3/c1-14(2,3)23-13(22)20-15(4-5-15)11-6-10(9-21)7-12(8-11)16(17,18)19/h6-9H,4-5H2,1-3H3,(H,20,22). The molecule has 0 saturated heterocycles. The minimum absolute atomic E-state index is 0.0768. The van der Waals surface area contributed by atoms with E-state index in [0.29, 0.717) is 19.1 Å². The van der Waals surface area contributed by atoms with Crippen LogP contribution in [0.3, 0.4) is 0 Å². The third kappa shape index (κ3) is 4.24. The van der Waals surface area contributed by atoms with Crippen LogP contribution in [0.4, 0.5) is 18.0 Å². The molecule has 1 amide bonds. The number of alkyl carbamates (subject to hydrolysis) is 1. The Morgan fingerprint density at radius 1 is 1.22 bits per heavy atom. The summed E-state index contributed by atoms with van der Waals surface area (Å²) in [5.41, 5.74) is -2.33. The number of amides is 1. The molecule has 0 heterocycles. The van der Waals surface area contributed by atoms with Gasteiger partial charge in [-0.1, -0.05) is 0 Å². The van der Waals surface area contributed by atoms with E-state index in [-0.39, 0.29) is 11.1 Å². The highest BCUT2D eigenvalue weighted by molar-refractivity contribution is 5.76. The smallest absolute Gasteiger partial charge is 0.416 e. The van der Waals surface area contributed by atoms with E-state index in [1.54, 1.807) is 20.8 Å². The number of hydrogen-bond donors (Lipinski definition) is 1. The molecule has 126 valence electrons. The lowest BCUT2D eigenvalue weighted by atomic mass is 9.98. The first-order valence-electron chi connectivity index (χ1n) is 7.14. The molecule has 0 aliphatic heterocycles. The second-order valence-electron chi connectivity index (χ2n) is 6.67. The molecule has 1 aliphatic carbocycles. The van der Waals surface area contributed by atoms with Crippen LogP contribution < -0.4 is 5.32 Å². The number of halogens is 3. The number of carbonyl (C=O) groups is 2. The van der Waals surface area contributed by atoms with Crippen molar-refractivity contribution in [2.45, 2.75) is 50.9 Å². The fourth-order valence-electron chi connectivity index (χ4n) is 2.27. The van der Waals surface area contributed by atoms with E-state index in [0.717, 1.165) is 12.1 Å². The quantitative estimate of drug-likeness (QED) is 0.852. The largest absolute Gasteiger partial charge is 0.444 e. The Kier molecular flexibility index (Phi) is 4.17. The zero-order valence-corrected chi connectivity index (χ0v) is 13.1. The van der Waals surface area contributed by atoms with Crippen LogP contribution in [-0.4, -0.2) is 18.0 Å². The lowest BCUT2D eigenvalue weighted by Gasteiger charge is -2.24. The van der Waals surface area contributed by atoms with Gasteiger partial charge in [-0.2, -0.15) is 13.2 Å². The number of ether oxygens (including phenoxy) is 1. The summed E-state index contributed by atoms with van der Waals surface area (Å²) in [5, 5.41) is 2.63.